The van der Waals surface area contributed by atoms with Gasteiger partial charge in [0.1, 0.15) is 5.75 Å². The molecule has 3 aromatic carbocycles. The molecule has 0 aromatic heterocycles. The number of benzene rings is 3. The molecule has 0 saturated heterocycles. The molecular weight excluding hydrogens is 661 g/mol. The molecule has 0 spiro atoms. The maximum atomic E-state index is 13.2. The van der Waals surface area contributed by atoms with Crippen LogP contribution in [0, 0.1) is 18.8 Å². The zero-order valence-corrected chi connectivity index (χ0v) is 30.7. The number of phosphoric ester groups is 1. The third kappa shape index (κ3) is 13.9. The largest absolute Gasteiger partial charge is 0.524 e. The van der Waals surface area contributed by atoms with Gasteiger partial charge in [0.25, 0.3) is 0 Å². The summed E-state index contributed by atoms with van der Waals surface area (Å²) in [5.41, 5.74) is 4.63. The Morgan fingerprint density at radius 3 is 1.98 bits per heavy atom. The topological polar surface area (TPSA) is 164 Å². The van der Waals surface area contributed by atoms with Crippen molar-refractivity contribution in [3.05, 3.63) is 83.4 Å². The van der Waals surface area contributed by atoms with Gasteiger partial charge in [0.15, 0.2) is 0 Å². The van der Waals surface area contributed by atoms with E-state index < -0.39 is 26.1 Å². The first kappa shape index (κ1) is 40.1. The summed E-state index contributed by atoms with van der Waals surface area (Å²) in [4.78, 5) is 58.8. The lowest BCUT2D eigenvalue weighted by Gasteiger charge is -2.31. The van der Waals surface area contributed by atoms with Gasteiger partial charge in [-0.2, -0.15) is 0 Å². The maximum absolute atomic E-state index is 13.2. The zero-order chi connectivity index (χ0) is 37.0. The standard InChI is InChI=1S/C37H50N3O9P/c1-8-29(21-36(42)48-27(7)47-35(41)19-28-11-16-32(17-12-28)49-50(44,45)46)30-13-18-34(40(22-24(2)3)23-25(4)5)33(20-30)39-37(43)38-31-14-9-26(6)10-15-31/h9-18,20,24-25,27,29H,8,19,21-23H2,1-7H3,(H2,38,39,43)(H2,44,45,46). The summed E-state index contributed by atoms with van der Waals surface area (Å²) in [7, 11) is -4.69. The Balaban J connectivity index is 1.71. The summed E-state index contributed by atoms with van der Waals surface area (Å²) in [6, 6.07) is 18.6. The quantitative estimate of drug-likeness (QED) is 0.0617. The number of aryl methyl sites for hydroxylation is 1. The average molecular weight is 712 g/mol. The minimum Gasteiger partial charge on any atom is -0.425 e. The van der Waals surface area contributed by atoms with E-state index in [1.54, 1.807) is 0 Å². The highest BCUT2D eigenvalue weighted by Crippen LogP contribution is 2.37. The molecule has 3 rings (SSSR count). The molecule has 50 heavy (non-hydrogen) atoms. The highest BCUT2D eigenvalue weighted by Gasteiger charge is 2.23. The third-order valence-corrected chi connectivity index (χ3v) is 8.01. The number of esters is 2. The fourth-order valence-electron chi connectivity index (χ4n) is 5.41. The molecule has 0 saturated carbocycles. The van der Waals surface area contributed by atoms with Gasteiger partial charge in [0.05, 0.1) is 24.2 Å². The van der Waals surface area contributed by atoms with Gasteiger partial charge in [-0.15, -0.1) is 0 Å². The summed E-state index contributed by atoms with van der Waals surface area (Å²) in [5.74, 6) is -0.718. The molecule has 272 valence electrons. The molecule has 0 aliphatic carbocycles. The summed E-state index contributed by atoms with van der Waals surface area (Å²) >= 11 is 0. The molecule has 12 nitrogen and oxygen atoms in total. The van der Waals surface area contributed by atoms with Crippen LogP contribution in [0.4, 0.5) is 21.9 Å². The fourth-order valence-corrected chi connectivity index (χ4v) is 5.81. The van der Waals surface area contributed by atoms with Crippen LogP contribution < -0.4 is 20.1 Å². The zero-order valence-electron chi connectivity index (χ0n) is 29.8. The van der Waals surface area contributed by atoms with Crippen LogP contribution in [0.25, 0.3) is 0 Å². The number of urea groups is 1. The van der Waals surface area contributed by atoms with Gasteiger partial charge in [0.2, 0.25) is 6.29 Å². The van der Waals surface area contributed by atoms with Crippen LogP contribution in [0.2, 0.25) is 0 Å². The minimum atomic E-state index is -4.69. The van der Waals surface area contributed by atoms with Crippen LogP contribution in [-0.2, 0) is 30.0 Å². The molecule has 0 aliphatic rings. The lowest BCUT2D eigenvalue weighted by Crippen LogP contribution is -2.32. The molecule has 2 amide bonds. The highest BCUT2D eigenvalue weighted by molar-refractivity contribution is 7.46. The van der Waals surface area contributed by atoms with Crippen molar-refractivity contribution in [3.8, 4) is 5.75 Å². The average Bonchev–Trinajstić information content (AvgIpc) is 3.00. The normalized spacial score (nSPS) is 12.6. The van der Waals surface area contributed by atoms with E-state index >= 15 is 0 Å². The van der Waals surface area contributed by atoms with Crippen molar-refractivity contribution < 1.29 is 42.7 Å². The first-order chi connectivity index (χ1) is 23.5. The maximum Gasteiger partial charge on any atom is 0.524 e. The number of nitrogens with zero attached hydrogens (tertiary/aromatic N) is 1. The van der Waals surface area contributed by atoms with Gasteiger partial charge in [0, 0.05) is 25.7 Å². The number of anilines is 3. The summed E-state index contributed by atoms with van der Waals surface area (Å²) in [5, 5.41) is 5.96. The van der Waals surface area contributed by atoms with Crippen molar-refractivity contribution in [2.24, 2.45) is 11.8 Å². The molecule has 3 aromatic rings. The smallest absolute Gasteiger partial charge is 0.425 e. The number of carbonyl (C=O) groups is 3. The van der Waals surface area contributed by atoms with Crippen LogP contribution in [0.15, 0.2) is 66.7 Å². The summed E-state index contributed by atoms with van der Waals surface area (Å²) in [6.45, 7) is 15.6. The van der Waals surface area contributed by atoms with E-state index in [-0.39, 0.29) is 30.5 Å². The van der Waals surface area contributed by atoms with E-state index in [0.29, 0.717) is 35.2 Å². The molecule has 0 heterocycles. The second-order valence-electron chi connectivity index (χ2n) is 13.2. The molecular formula is C37H50N3O9P. The number of amides is 2. The molecule has 4 N–H and O–H groups in total. The minimum absolute atomic E-state index is 0.0233. The van der Waals surface area contributed by atoms with E-state index in [9.17, 15) is 18.9 Å². The Morgan fingerprint density at radius 2 is 1.42 bits per heavy atom. The van der Waals surface area contributed by atoms with Crippen molar-refractivity contribution >= 4 is 42.9 Å². The monoisotopic (exact) mass is 711 g/mol. The van der Waals surface area contributed by atoms with Crippen LogP contribution in [0.3, 0.4) is 0 Å². The summed E-state index contributed by atoms with van der Waals surface area (Å²) in [6.07, 6.45) is -0.661. The Morgan fingerprint density at radius 1 is 0.820 bits per heavy atom. The second-order valence-corrected chi connectivity index (χ2v) is 14.3. The van der Waals surface area contributed by atoms with Crippen LogP contribution in [-0.4, -0.2) is 47.1 Å². The number of hydrogen-bond acceptors (Lipinski definition) is 8. The molecule has 0 aliphatic heterocycles. The van der Waals surface area contributed by atoms with Crippen molar-refractivity contribution in [1.82, 2.24) is 0 Å². The Labute approximate surface area is 294 Å². The van der Waals surface area contributed by atoms with E-state index in [4.69, 9.17) is 19.3 Å². The van der Waals surface area contributed by atoms with Crippen molar-refractivity contribution in [3.63, 3.8) is 0 Å². The van der Waals surface area contributed by atoms with E-state index in [2.05, 4.69) is 47.8 Å². The molecule has 0 fully saturated rings. The Kier molecular flexibility index (Phi) is 14.9. The van der Waals surface area contributed by atoms with E-state index in [1.807, 2.05) is 56.3 Å². The lowest BCUT2D eigenvalue weighted by atomic mass is 9.92. The molecule has 2 atom stereocenters. The number of rotatable bonds is 17. The van der Waals surface area contributed by atoms with Gasteiger partial charge in [-0.05, 0) is 78.6 Å². The predicted molar refractivity (Wildman–Crippen MR) is 194 cm³/mol. The number of carbonyl (C=O) groups excluding carboxylic acids is 3. The van der Waals surface area contributed by atoms with Crippen molar-refractivity contribution in [1.29, 1.82) is 0 Å². The number of nitrogens with one attached hydrogen (secondary N) is 2. The van der Waals surface area contributed by atoms with Crippen LogP contribution in [0.1, 0.15) is 77.0 Å². The number of hydrogen-bond donors (Lipinski definition) is 4. The van der Waals surface area contributed by atoms with Crippen LogP contribution in [0.5, 0.6) is 5.75 Å². The Bertz CT molecular complexity index is 1610. The van der Waals surface area contributed by atoms with Crippen molar-refractivity contribution in [2.75, 3.05) is 28.6 Å². The van der Waals surface area contributed by atoms with E-state index in [0.717, 1.165) is 29.9 Å². The second kappa shape index (κ2) is 18.6. The molecule has 0 bridgehead atoms. The Hall–Kier alpha value is -4.38. The SMILES string of the molecule is CCC(CC(=O)OC(C)OC(=O)Cc1ccc(OP(=O)(O)O)cc1)c1ccc(N(CC(C)C)CC(C)C)c(NC(=O)Nc2ccc(C)cc2)c1. The van der Waals surface area contributed by atoms with Crippen molar-refractivity contribution in [2.45, 2.75) is 79.9 Å². The predicted octanol–water partition coefficient (Wildman–Crippen LogP) is 7.79. The number of ether oxygens (including phenoxy) is 2. The van der Waals surface area contributed by atoms with Gasteiger partial charge in [-0.3, -0.25) is 19.4 Å². The molecule has 2 unspecified atom stereocenters. The first-order valence-corrected chi connectivity index (χ1v) is 18.3. The molecule has 13 heteroatoms. The molecule has 0 radical (unpaired) electrons. The first-order valence-electron chi connectivity index (χ1n) is 16.8. The van der Waals surface area contributed by atoms with E-state index in [1.165, 1.54) is 31.2 Å². The van der Waals surface area contributed by atoms with Gasteiger partial charge >= 0.3 is 25.8 Å². The fraction of sp³-hybridized carbons (Fsp3) is 0.432. The van der Waals surface area contributed by atoms with Gasteiger partial charge in [-0.25, -0.2) is 9.36 Å². The van der Waals surface area contributed by atoms with Gasteiger partial charge in [-0.1, -0.05) is 70.5 Å². The highest BCUT2D eigenvalue weighted by atomic mass is 31.2. The van der Waals surface area contributed by atoms with Gasteiger partial charge < -0.3 is 29.5 Å². The third-order valence-electron chi connectivity index (χ3n) is 7.56. The van der Waals surface area contributed by atoms with Crippen LogP contribution >= 0.6 is 7.82 Å². The summed E-state index contributed by atoms with van der Waals surface area (Å²) < 4.78 is 26.2. The lowest BCUT2D eigenvalue weighted by molar-refractivity contribution is -0.184. The number of phosphoric acid groups is 1.